The van der Waals surface area contributed by atoms with Gasteiger partial charge in [-0.1, -0.05) is 6.42 Å². The van der Waals surface area contributed by atoms with E-state index < -0.39 is 10.0 Å². The van der Waals surface area contributed by atoms with Gasteiger partial charge in [0.05, 0.1) is 11.4 Å². The molecule has 1 atom stereocenters. The molecule has 1 unspecified atom stereocenters. The van der Waals surface area contributed by atoms with Gasteiger partial charge in [-0.3, -0.25) is 9.89 Å². The number of hydrogen-bond acceptors (Lipinski definition) is 4. The minimum absolute atomic E-state index is 0.0257. The molecule has 112 valence electrons. The van der Waals surface area contributed by atoms with Crippen LogP contribution in [0.2, 0.25) is 0 Å². The molecule has 1 aliphatic rings. The number of ketones is 1. The Kier molecular flexibility index (Phi) is 4.29. The molecule has 0 aliphatic carbocycles. The van der Waals surface area contributed by atoms with Crippen molar-refractivity contribution < 1.29 is 13.2 Å². The van der Waals surface area contributed by atoms with Gasteiger partial charge in [-0.25, -0.2) is 8.42 Å². The maximum Gasteiger partial charge on any atom is 0.246 e. The maximum atomic E-state index is 12.8. The number of aromatic nitrogens is 2. The molecule has 2 rings (SSSR count). The molecule has 0 radical (unpaired) electrons. The standard InChI is InChI=1S/C13H21N3O3S/c1-9(17)8-12-6-4-5-7-16(12)20(18,19)13-10(2)14-15-11(13)3/h12H,4-8H2,1-3H3,(H,14,15). The van der Waals surface area contributed by atoms with Crippen molar-refractivity contribution in [2.75, 3.05) is 6.54 Å². The fourth-order valence-electron chi connectivity index (χ4n) is 2.86. The summed E-state index contributed by atoms with van der Waals surface area (Å²) in [5, 5.41) is 6.68. The van der Waals surface area contributed by atoms with Crippen molar-refractivity contribution in [2.24, 2.45) is 0 Å². The molecule has 0 spiro atoms. The second-order valence-corrected chi connectivity index (χ2v) is 7.26. The summed E-state index contributed by atoms with van der Waals surface area (Å²) in [7, 11) is -3.59. The Balaban J connectivity index is 2.38. The van der Waals surface area contributed by atoms with Crippen molar-refractivity contribution in [2.45, 2.75) is 57.4 Å². The number of carbonyl (C=O) groups excluding carboxylic acids is 1. The number of Topliss-reactive ketones (excluding diaryl/α,β-unsaturated/α-hetero) is 1. The summed E-state index contributed by atoms with van der Waals surface area (Å²) in [5.41, 5.74) is 1.03. The van der Waals surface area contributed by atoms with Crippen LogP contribution in [0.5, 0.6) is 0 Å². The average Bonchev–Trinajstić information content (AvgIpc) is 2.69. The van der Waals surface area contributed by atoms with E-state index in [4.69, 9.17) is 0 Å². The summed E-state index contributed by atoms with van der Waals surface area (Å²) >= 11 is 0. The van der Waals surface area contributed by atoms with Crippen LogP contribution in [0.3, 0.4) is 0 Å². The summed E-state index contributed by atoms with van der Waals surface area (Å²) in [6.45, 7) is 5.37. The van der Waals surface area contributed by atoms with Gasteiger partial charge < -0.3 is 0 Å². The van der Waals surface area contributed by atoms with Gasteiger partial charge in [0.1, 0.15) is 10.7 Å². The third-order valence-electron chi connectivity index (χ3n) is 3.72. The first-order valence-corrected chi connectivity index (χ1v) is 8.31. The first-order valence-electron chi connectivity index (χ1n) is 6.87. The van der Waals surface area contributed by atoms with Gasteiger partial charge in [-0.05, 0) is 33.6 Å². The molecular weight excluding hydrogens is 278 g/mol. The van der Waals surface area contributed by atoms with E-state index >= 15 is 0 Å². The first kappa shape index (κ1) is 15.2. The summed E-state index contributed by atoms with van der Waals surface area (Å²) in [5.74, 6) is 0.0257. The van der Waals surface area contributed by atoms with Crippen molar-refractivity contribution in [1.82, 2.24) is 14.5 Å². The Morgan fingerprint density at radius 1 is 1.40 bits per heavy atom. The van der Waals surface area contributed by atoms with E-state index in [9.17, 15) is 13.2 Å². The molecule has 1 saturated heterocycles. The monoisotopic (exact) mass is 299 g/mol. The number of sulfonamides is 1. The Bertz CT molecular complexity index is 587. The SMILES string of the molecule is CC(=O)CC1CCCCN1S(=O)(=O)c1c(C)n[nH]c1C. The van der Waals surface area contributed by atoms with E-state index in [-0.39, 0.29) is 23.1 Å². The molecule has 0 amide bonds. The second kappa shape index (κ2) is 5.65. The molecule has 2 heterocycles. The topological polar surface area (TPSA) is 83.1 Å². The number of aromatic amines is 1. The highest BCUT2D eigenvalue weighted by Crippen LogP contribution is 2.29. The zero-order chi connectivity index (χ0) is 14.9. The van der Waals surface area contributed by atoms with Crippen molar-refractivity contribution in [3.05, 3.63) is 11.4 Å². The van der Waals surface area contributed by atoms with Gasteiger partial charge in [0.25, 0.3) is 0 Å². The van der Waals surface area contributed by atoms with Crippen LogP contribution in [0.25, 0.3) is 0 Å². The third-order valence-corrected chi connectivity index (χ3v) is 5.94. The predicted molar refractivity (Wildman–Crippen MR) is 74.9 cm³/mol. The normalized spacial score (nSPS) is 21.1. The molecule has 6 nitrogen and oxygen atoms in total. The number of hydrogen-bond donors (Lipinski definition) is 1. The highest BCUT2D eigenvalue weighted by molar-refractivity contribution is 7.89. The lowest BCUT2D eigenvalue weighted by atomic mass is 10.0. The lowest BCUT2D eigenvalue weighted by Crippen LogP contribution is -2.44. The predicted octanol–water partition coefficient (Wildman–Crippen LogP) is 1.55. The maximum absolute atomic E-state index is 12.8. The van der Waals surface area contributed by atoms with Crippen molar-refractivity contribution in [3.63, 3.8) is 0 Å². The van der Waals surface area contributed by atoms with Crippen LogP contribution in [-0.2, 0) is 14.8 Å². The van der Waals surface area contributed by atoms with Crippen LogP contribution in [0, 0.1) is 13.8 Å². The van der Waals surface area contributed by atoms with Crippen LogP contribution in [-0.4, -0.2) is 41.3 Å². The third kappa shape index (κ3) is 2.78. The Labute approximate surface area is 119 Å². The lowest BCUT2D eigenvalue weighted by molar-refractivity contribution is -0.118. The molecule has 0 bridgehead atoms. The van der Waals surface area contributed by atoms with Gasteiger partial charge >= 0.3 is 0 Å². The zero-order valence-electron chi connectivity index (χ0n) is 12.1. The number of H-pyrrole nitrogens is 1. The van der Waals surface area contributed by atoms with Crippen molar-refractivity contribution in [1.29, 1.82) is 0 Å². The Morgan fingerprint density at radius 3 is 2.65 bits per heavy atom. The van der Waals surface area contributed by atoms with Crippen LogP contribution in [0.15, 0.2) is 4.90 Å². The largest absolute Gasteiger partial charge is 0.300 e. The summed E-state index contributed by atoms with van der Waals surface area (Å²) in [6.07, 6.45) is 2.83. The quantitative estimate of drug-likeness (QED) is 0.914. The second-order valence-electron chi connectivity index (χ2n) is 5.43. The van der Waals surface area contributed by atoms with E-state index in [2.05, 4.69) is 10.2 Å². The van der Waals surface area contributed by atoms with Gasteiger partial charge in [-0.15, -0.1) is 0 Å². The number of aryl methyl sites for hydroxylation is 2. The highest BCUT2D eigenvalue weighted by atomic mass is 32.2. The van der Waals surface area contributed by atoms with Gasteiger partial charge in [0.15, 0.2) is 0 Å². The van der Waals surface area contributed by atoms with Gasteiger partial charge in [-0.2, -0.15) is 9.40 Å². The van der Waals surface area contributed by atoms with E-state index in [0.717, 1.165) is 19.3 Å². The lowest BCUT2D eigenvalue weighted by Gasteiger charge is -2.34. The van der Waals surface area contributed by atoms with Crippen molar-refractivity contribution >= 4 is 15.8 Å². The van der Waals surface area contributed by atoms with E-state index in [1.807, 2.05) is 0 Å². The van der Waals surface area contributed by atoms with Crippen LogP contribution >= 0.6 is 0 Å². The summed E-state index contributed by atoms with van der Waals surface area (Å²) < 4.78 is 27.2. The Morgan fingerprint density at radius 2 is 2.10 bits per heavy atom. The number of nitrogens with zero attached hydrogens (tertiary/aromatic N) is 2. The van der Waals surface area contributed by atoms with Gasteiger partial charge in [0.2, 0.25) is 10.0 Å². The minimum Gasteiger partial charge on any atom is -0.300 e. The molecule has 1 fully saturated rings. The van der Waals surface area contributed by atoms with E-state index in [1.165, 1.54) is 11.2 Å². The summed E-state index contributed by atoms with van der Waals surface area (Å²) in [6, 6.07) is -0.222. The zero-order valence-corrected chi connectivity index (χ0v) is 13.0. The molecule has 1 N–H and O–H groups in total. The van der Waals surface area contributed by atoms with Crippen molar-refractivity contribution in [3.8, 4) is 0 Å². The number of piperidine rings is 1. The molecule has 1 aromatic heterocycles. The molecule has 1 aromatic rings. The fourth-order valence-corrected chi connectivity index (χ4v) is 4.89. The molecule has 7 heteroatoms. The minimum atomic E-state index is -3.59. The number of rotatable bonds is 4. The summed E-state index contributed by atoms with van der Waals surface area (Å²) in [4.78, 5) is 11.6. The number of carbonyl (C=O) groups is 1. The van der Waals surface area contributed by atoms with Crippen LogP contribution in [0.4, 0.5) is 0 Å². The Hall–Kier alpha value is -1.21. The molecule has 0 saturated carbocycles. The molecule has 20 heavy (non-hydrogen) atoms. The smallest absolute Gasteiger partial charge is 0.246 e. The first-order chi connectivity index (χ1) is 9.34. The van der Waals surface area contributed by atoms with E-state index in [0.29, 0.717) is 17.9 Å². The van der Waals surface area contributed by atoms with Gasteiger partial charge in [0, 0.05) is 19.0 Å². The molecular formula is C13H21N3O3S. The molecule has 1 aliphatic heterocycles. The highest BCUT2D eigenvalue weighted by Gasteiger charge is 2.36. The fraction of sp³-hybridized carbons (Fsp3) is 0.692. The number of nitrogens with one attached hydrogen (secondary N) is 1. The molecule has 0 aromatic carbocycles. The van der Waals surface area contributed by atoms with E-state index in [1.54, 1.807) is 13.8 Å². The van der Waals surface area contributed by atoms with Crippen LogP contribution in [0.1, 0.15) is 44.0 Å². The van der Waals surface area contributed by atoms with Crippen LogP contribution < -0.4 is 0 Å². The average molecular weight is 299 g/mol.